The standard InChI is InChI=1S/C29H35N11O/c1-18-27(39(2)38-33-18)21-16-23-26(31-17-21)22-8-9-24(30-13-10-25-34-36-37-35-25)32-29(22)40(23)28(19-6-4-3-5-7-19)20-11-14-41-15-12-20/h3-9,16-17,20,25,28,34-37H,10-15H2,1-2H3,(H,30,32)/t28-/m1/s1. The second-order valence-corrected chi connectivity index (χ2v) is 10.8. The lowest BCUT2D eigenvalue weighted by Gasteiger charge is -2.32. The summed E-state index contributed by atoms with van der Waals surface area (Å²) in [6.45, 7) is 4.27. The van der Waals surface area contributed by atoms with Gasteiger partial charge >= 0.3 is 0 Å². The van der Waals surface area contributed by atoms with Crippen LogP contribution in [0.15, 0.2) is 54.7 Å². The number of anilines is 1. The summed E-state index contributed by atoms with van der Waals surface area (Å²) in [4.78, 5) is 10.3. The van der Waals surface area contributed by atoms with Gasteiger partial charge in [-0.25, -0.2) is 20.5 Å². The van der Waals surface area contributed by atoms with Crippen molar-refractivity contribution in [2.45, 2.75) is 38.4 Å². The highest BCUT2D eigenvalue weighted by Gasteiger charge is 2.31. The minimum absolute atomic E-state index is 0.0784. The number of pyridine rings is 2. The number of aryl methyl sites for hydroxylation is 2. The molecular formula is C29H35N11O. The number of aromatic nitrogens is 6. The summed E-state index contributed by atoms with van der Waals surface area (Å²) in [5, 5.41) is 13.1. The largest absolute Gasteiger partial charge is 0.381 e. The van der Waals surface area contributed by atoms with E-state index >= 15 is 0 Å². The molecule has 0 aliphatic carbocycles. The van der Waals surface area contributed by atoms with E-state index in [0.29, 0.717) is 5.92 Å². The van der Waals surface area contributed by atoms with E-state index in [1.165, 1.54) is 5.56 Å². The van der Waals surface area contributed by atoms with Gasteiger partial charge in [0.2, 0.25) is 0 Å². The Morgan fingerprint density at radius 2 is 1.88 bits per heavy atom. The van der Waals surface area contributed by atoms with Crippen molar-refractivity contribution in [2.75, 3.05) is 25.1 Å². The summed E-state index contributed by atoms with van der Waals surface area (Å²) in [5.74, 6) is 1.23. The third kappa shape index (κ3) is 4.94. The third-order valence-electron chi connectivity index (χ3n) is 8.18. The van der Waals surface area contributed by atoms with Gasteiger partial charge in [-0.1, -0.05) is 35.5 Å². The Balaban J connectivity index is 1.40. The van der Waals surface area contributed by atoms with Gasteiger partial charge in [-0.3, -0.25) is 4.98 Å². The smallest absolute Gasteiger partial charge is 0.145 e. The van der Waals surface area contributed by atoms with E-state index in [2.05, 4.69) is 90.6 Å². The number of ether oxygens (including phenoxy) is 1. The lowest BCUT2D eigenvalue weighted by atomic mass is 9.86. The first-order valence-corrected chi connectivity index (χ1v) is 14.2. The van der Waals surface area contributed by atoms with Crippen LogP contribution in [0.5, 0.6) is 0 Å². The molecule has 2 saturated heterocycles. The molecule has 5 N–H and O–H groups in total. The van der Waals surface area contributed by atoms with Crippen LogP contribution in [0.3, 0.4) is 0 Å². The monoisotopic (exact) mass is 553 g/mol. The normalized spacial score (nSPS) is 17.5. The summed E-state index contributed by atoms with van der Waals surface area (Å²) >= 11 is 0. The topological polar surface area (TPSA) is 131 Å². The Morgan fingerprint density at radius 1 is 1.07 bits per heavy atom. The zero-order valence-electron chi connectivity index (χ0n) is 23.3. The van der Waals surface area contributed by atoms with E-state index in [1.54, 1.807) is 0 Å². The number of nitrogens with one attached hydrogen (secondary N) is 5. The van der Waals surface area contributed by atoms with Crippen molar-refractivity contribution in [2.24, 2.45) is 13.0 Å². The summed E-state index contributed by atoms with van der Waals surface area (Å²) in [7, 11) is 1.92. The highest BCUT2D eigenvalue weighted by Crippen LogP contribution is 2.41. The van der Waals surface area contributed by atoms with Crippen LogP contribution in [0, 0.1) is 12.8 Å². The van der Waals surface area contributed by atoms with Gasteiger partial charge in [0.15, 0.2) is 0 Å². The molecule has 212 valence electrons. The lowest BCUT2D eigenvalue weighted by molar-refractivity contribution is 0.0552. The maximum absolute atomic E-state index is 5.80. The van der Waals surface area contributed by atoms with Crippen molar-refractivity contribution in [3.05, 3.63) is 66.0 Å². The Morgan fingerprint density at radius 3 is 2.63 bits per heavy atom. The first-order chi connectivity index (χ1) is 20.2. The van der Waals surface area contributed by atoms with Gasteiger partial charge in [-0.2, -0.15) is 11.1 Å². The molecule has 1 atom stereocenters. The molecule has 2 aliphatic heterocycles. The predicted octanol–water partition coefficient (Wildman–Crippen LogP) is 2.95. The van der Waals surface area contributed by atoms with Crippen molar-refractivity contribution in [3.63, 3.8) is 0 Å². The summed E-state index contributed by atoms with van der Waals surface area (Å²) in [6, 6.07) is 17.3. The fraction of sp³-hybridized carbons (Fsp3) is 0.379. The average molecular weight is 554 g/mol. The second kappa shape index (κ2) is 11.1. The number of rotatable bonds is 8. The van der Waals surface area contributed by atoms with Gasteiger partial charge < -0.3 is 14.6 Å². The molecule has 12 heteroatoms. The maximum atomic E-state index is 5.80. The Bertz CT molecular complexity index is 1630. The van der Waals surface area contributed by atoms with Crippen LogP contribution in [-0.4, -0.2) is 55.5 Å². The van der Waals surface area contributed by atoms with Crippen molar-refractivity contribution in [3.8, 4) is 11.3 Å². The molecule has 0 unspecified atom stereocenters. The van der Waals surface area contributed by atoms with E-state index in [4.69, 9.17) is 14.7 Å². The van der Waals surface area contributed by atoms with Crippen LogP contribution in [0.4, 0.5) is 5.82 Å². The highest BCUT2D eigenvalue weighted by molar-refractivity contribution is 6.05. The fourth-order valence-electron chi connectivity index (χ4n) is 6.23. The highest BCUT2D eigenvalue weighted by atomic mass is 16.5. The molecule has 1 aromatic carbocycles. The first-order valence-electron chi connectivity index (χ1n) is 14.2. The van der Waals surface area contributed by atoms with Gasteiger partial charge in [-0.15, -0.1) is 5.10 Å². The van der Waals surface area contributed by atoms with E-state index in [0.717, 1.165) is 83.9 Å². The van der Waals surface area contributed by atoms with Crippen molar-refractivity contribution < 1.29 is 4.74 Å². The zero-order chi connectivity index (χ0) is 27.8. The number of fused-ring (bicyclic) bond motifs is 3. The van der Waals surface area contributed by atoms with Crippen molar-refractivity contribution in [1.29, 1.82) is 0 Å². The number of hydrogen-bond donors (Lipinski definition) is 5. The van der Waals surface area contributed by atoms with Crippen LogP contribution in [0.1, 0.15) is 36.6 Å². The molecule has 0 amide bonds. The average Bonchev–Trinajstić information content (AvgIpc) is 3.72. The molecule has 0 saturated carbocycles. The molecular weight excluding hydrogens is 518 g/mol. The molecule has 0 radical (unpaired) electrons. The first kappa shape index (κ1) is 26.0. The molecule has 2 fully saturated rings. The van der Waals surface area contributed by atoms with Crippen LogP contribution >= 0.6 is 0 Å². The Hall–Kier alpha value is -3.94. The number of nitrogens with zero attached hydrogens (tertiary/aromatic N) is 6. The second-order valence-electron chi connectivity index (χ2n) is 10.8. The Kier molecular flexibility index (Phi) is 7.07. The molecule has 5 aromatic rings. The van der Waals surface area contributed by atoms with E-state index in [9.17, 15) is 0 Å². The SMILES string of the molecule is Cc1nnn(C)c1-c1cnc2c3ccc(NCCC4NNNN4)nc3n([C@H](c3ccccc3)C3CCOCC3)c2c1. The number of hydrogen-bond acceptors (Lipinski definition) is 10. The maximum Gasteiger partial charge on any atom is 0.145 e. The van der Waals surface area contributed by atoms with E-state index < -0.39 is 0 Å². The summed E-state index contributed by atoms with van der Waals surface area (Å²) in [5.41, 5.74) is 19.0. The van der Waals surface area contributed by atoms with Gasteiger partial charge in [0.1, 0.15) is 11.5 Å². The minimum Gasteiger partial charge on any atom is -0.381 e. The quantitative estimate of drug-likeness (QED) is 0.195. The number of benzene rings is 1. The van der Waals surface area contributed by atoms with Gasteiger partial charge in [0.05, 0.1) is 34.6 Å². The number of hydrazine groups is 3. The predicted molar refractivity (Wildman–Crippen MR) is 157 cm³/mol. The molecule has 6 heterocycles. The summed E-state index contributed by atoms with van der Waals surface area (Å²) < 4.78 is 10.0. The third-order valence-corrected chi connectivity index (χ3v) is 8.18. The molecule has 12 nitrogen and oxygen atoms in total. The molecule has 4 aromatic heterocycles. The van der Waals surface area contributed by atoms with Gasteiger partial charge in [-0.05, 0) is 55.9 Å². The van der Waals surface area contributed by atoms with Crippen molar-refractivity contribution in [1.82, 2.24) is 51.5 Å². The van der Waals surface area contributed by atoms with Crippen LogP contribution < -0.4 is 27.2 Å². The van der Waals surface area contributed by atoms with Crippen molar-refractivity contribution >= 4 is 27.9 Å². The molecule has 0 bridgehead atoms. The Labute approximate surface area is 237 Å². The fourth-order valence-corrected chi connectivity index (χ4v) is 6.23. The summed E-state index contributed by atoms with van der Waals surface area (Å²) in [6.07, 6.45) is 4.89. The van der Waals surface area contributed by atoms with Gasteiger partial charge in [0, 0.05) is 44.0 Å². The van der Waals surface area contributed by atoms with Gasteiger partial charge in [0.25, 0.3) is 0 Å². The zero-order valence-corrected chi connectivity index (χ0v) is 23.3. The van der Waals surface area contributed by atoms with E-state index in [-0.39, 0.29) is 12.2 Å². The molecule has 41 heavy (non-hydrogen) atoms. The molecule has 7 rings (SSSR count). The van der Waals surface area contributed by atoms with E-state index in [1.807, 2.05) is 24.9 Å². The molecule has 0 spiro atoms. The van der Waals surface area contributed by atoms with Crippen LogP contribution in [-0.2, 0) is 11.8 Å². The van der Waals surface area contributed by atoms with Crippen LogP contribution in [0.2, 0.25) is 0 Å². The lowest BCUT2D eigenvalue weighted by Crippen LogP contribution is -2.35. The minimum atomic E-state index is 0.0784. The molecule has 2 aliphatic rings. The van der Waals surface area contributed by atoms with Crippen LogP contribution in [0.25, 0.3) is 33.3 Å².